The molecule has 4 nitrogen and oxygen atoms in total. The Kier molecular flexibility index (Phi) is 2.52. The number of anilines is 2. The second kappa shape index (κ2) is 3.70. The van der Waals surface area contributed by atoms with E-state index in [1.54, 1.807) is 6.20 Å². The average Bonchev–Trinajstić information content (AvgIpc) is 2.17. The number of morpholine rings is 1. The SMILES string of the molecule is CC1(C)COCCN1c1ccnc(N)c1. The highest BCUT2D eigenvalue weighted by molar-refractivity contribution is 5.54. The van der Waals surface area contributed by atoms with Crippen LogP contribution in [0.1, 0.15) is 13.8 Å². The summed E-state index contributed by atoms with van der Waals surface area (Å²) in [5.41, 5.74) is 6.83. The number of nitrogen functional groups attached to an aromatic ring is 1. The zero-order valence-electron chi connectivity index (χ0n) is 9.23. The highest BCUT2D eigenvalue weighted by Gasteiger charge is 2.30. The summed E-state index contributed by atoms with van der Waals surface area (Å²) in [6.45, 7) is 6.75. The molecule has 0 atom stereocenters. The molecule has 0 saturated carbocycles. The maximum atomic E-state index is 5.68. The normalized spacial score (nSPS) is 20.3. The van der Waals surface area contributed by atoms with Crippen LogP contribution in [0.4, 0.5) is 11.5 Å². The van der Waals surface area contributed by atoms with Crippen LogP contribution >= 0.6 is 0 Å². The van der Waals surface area contributed by atoms with Crippen molar-refractivity contribution in [3.05, 3.63) is 18.3 Å². The lowest BCUT2D eigenvalue weighted by Gasteiger charge is -2.43. The first-order valence-corrected chi connectivity index (χ1v) is 5.16. The van der Waals surface area contributed by atoms with E-state index < -0.39 is 0 Å². The quantitative estimate of drug-likeness (QED) is 0.753. The van der Waals surface area contributed by atoms with Crippen LogP contribution in [0, 0.1) is 0 Å². The lowest BCUT2D eigenvalue weighted by atomic mass is 10.0. The summed E-state index contributed by atoms with van der Waals surface area (Å²) in [7, 11) is 0. The highest BCUT2D eigenvalue weighted by Crippen LogP contribution is 2.27. The molecule has 1 fully saturated rings. The van der Waals surface area contributed by atoms with E-state index in [-0.39, 0.29) is 5.54 Å². The minimum Gasteiger partial charge on any atom is -0.384 e. The first-order chi connectivity index (χ1) is 7.09. The maximum Gasteiger partial charge on any atom is 0.125 e. The third kappa shape index (κ3) is 2.04. The molecule has 1 aliphatic rings. The summed E-state index contributed by atoms with van der Waals surface area (Å²) in [5, 5.41) is 0. The predicted octanol–water partition coefficient (Wildman–Crippen LogP) is 1.28. The van der Waals surface area contributed by atoms with Gasteiger partial charge in [-0.3, -0.25) is 0 Å². The van der Waals surface area contributed by atoms with Gasteiger partial charge in [0.1, 0.15) is 5.82 Å². The molecule has 2 heterocycles. The van der Waals surface area contributed by atoms with E-state index in [4.69, 9.17) is 10.5 Å². The summed E-state index contributed by atoms with van der Waals surface area (Å²) in [4.78, 5) is 6.32. The van der Waals surface area contributed by atoms with Gasteiger partial charge in [-0.2, -0.15) is 0 Å². The van der Waals surface area contributed by atoms with Crippen molar-refractivity contribution >= 4 is 11.5 Å². The summed E-state index contributed by atoms with van der Waals surface area (Å²) in [5.74, 6) is 0.565. The molecule has 4 heteroatoms. The van der Waals surface area contributed by atoms with Gasteiger partial charge in [-0.25, -0.2) is 4.98 Å². The Labute approximate surface area is 90.0 Å². The van der Waals surface area contributed by atoms with Gasteiger partial charge >= 0.3 is 0 Å². The van der Waals surface area contributed by atoms with Crippen LogP contribution in [0.2, 0.25) is 0 Å². The van der Waals surface area contributed by atoms with Gasteiger partial charge in [-0.05, 0) is 19.9 Å². The number of aromatic nitrogens is 1. The Morgan fingerprint density at radius 1 is 1.53 bits per heavy atom. The van der Waals surface area contributed by atoms with Gasteiger partial charge in [-0.1, -0.05) is 0 Å². The van der Waals surface area contributed by atoms with Crippen LogP contribution in [-0.2, 0) is 4.74 Å². The van der Waals surface area contributed by atoms with Gasteiger partial charge in [-0.15, -0.1) is 0 Å². The van der Waals surface area contributed by atoms with Crippen molar-refractivity contribution in [3.8, 4) is 0 Å². The van der Waals surface area contributed by atoms with Crippen molar-refractivity contribution in [2.75, 3.05) is 30.4 Å². The molecule has 0 aliphatic carbocycles. The lowest BCUT2D eigenvalue weighted by molar-refractivity contribution is 0.0644. The van der Waals surface area contributed by atoms with E-state index in [0.717, 1.165) is 25.4 Å². The Bertz CT molecular complexity index is 351. The number of nitrogens with zero attached hydrogens (tertiary/aromatic N) is 2. The molecule has 2 N–H and O–H groups in total. The maximum absolute atomic E-state index is 5.68. The molecule has 1 saturated heterocycles. The Hall–Kier alpha value is -1.29. The van der Waals surface area contributed by atoms with Crippen LogP contribution in [0.25, 0.3) is 0 Å². The molecule has 0 aromatic carbocycles. The number of hydrogen-bond acceptors (Lipinski definition) is 4. The van der Waals surface area contributed by atoms with E-state index >= 15 is 0 Å². The van der Waals surface area contributed by atoms with Crippen molar-refractivity contribution in [1.82, 2.24) is 4.98 Å². The number of nitrogens with two attached hydrogens (primary N) is 1. The molecule has 1 aromatic heterocycles. The molecule has 0 unspecified atom stereocenters. The largest absolute Gasteiger partial charge is 0.384 e. The second-order valence-electron chi connectivity index (χ2n) is 4.46. The Morgan fingerprint density at radius 3 is 3.00 bits per heavy atom. The van der Waals surface area contributed by atoms with Crippen LogP contribution < -0.4 is 10.6 Å². The smallest absolute Gasteiger partial charge is 0.125 e. The Morgan fingerprint density at radius 2 is 2.33 bits per heavy atom. The van der Waals surface area contributed by atoms with E-state index in [9.17, 15) is 0 Å². The van der Waals surface area contributed by atoms with Crippen molar-refractivity contribution < 1.29 is 4.74 Å². The molecule has 15 heavy (non-hydrogen) atoms. The van der Waals surface area contributed by atoms with E-state index in [0.29, 0.717) is 5.82 Å². The zero-order valence-corrected chi connectivity index (χ0v) is 9.23. The number of hydrogen-bond donors (Lipinski definition) is 1. The summed E-state index contributed by atoms with van der Waals surface area (Å²) in [6.07, 6.45) is 1.75. The zero-order chi connectivity index (χ0) is 10.9. The van der Waals surface area contributed by atoms with Gasteiger partial charge in [0.15, 0.2) is 0 Å². The molecule has 2 rings (SSSR count). The van der Waals surface area contributed by atoms with Gasteiger partial charge in [0, 0.05) is 24.5 Å². The summed E-state index contributed by atoms with van der Waals surface area (Å²) >= 11 is 0. The molecular formula is C11H17N3O. The number of rotatable bonds is 1. The minimum atomic E-state index is 0.0199. The van der Waals surface area contributed by atoms with E-state index in [1.807, 2.05) is 12.1 Å². The van der Waals surface area contributed by atoms with Crippen LogP contribution in [-0.4, -0.2) is 30.3 Å². The third-order valence-corrected chi connectivity index (χ3v) is 2.72. The molecule has 0 spiro atoms. The fraction of sp³-hybridized carbons (Fsp3) is 0.545. The minimum absolute atomic E-state index is 0.0199. The number of ether oxygens (including phenoxy) is 1. The van der Waals surface area contributed by atoms with Crippen molar-refractivity contribution in [3.63, 3.8) is 0 Å². The number of pyridine rings is 1. The predicted molar refractivity (Wildman–Crippen MR) is 60.9 cm³/mol. The lowest BCUT2D eigenvalue weighted by Crippen LogP contribution is -2.53. The van der Waals surface area contributed by atoms with Crippen molar-refractivity contribution in [2.24, 2.45) is 0 Å². The van der Waals surface area contributed by atoms with Gasteiger partial charge in [0.25, 0.3) is 0 Å². The third-order valence-electron chi connectivity index (χ3n) is 2.72. The van der Waals surface area contributed by atoms with Gasteiger partial charge in [0.2, 0.25) is 0 Å². The summed E-state index contributed by atoms with van der Waals surface area (Å²) in [6, 6.07) is 3.90. The molecule has 1 aliphatic heterocycles. The monoisotopic (exact) mass is 207 g/mol. The van der Waals surface area contributed by atoms with Crippen LogP contribution in [0.5, 0.6) is 0 Å². The topological polar surface area (TPSA) is 51.4 Å². The van der Waals surface area contributed by atoms with Crippen molar-refractivity contribution in [2.45, 2.75) is 19.4 Å². The first-order valence-electron chi connectivity index (χ1n) is 5.16. The van der Waals surface area contributed by atoms with Crippen LogP contribution in [0.3, 0.4) is 0 Å². The van der Waals surface area contributed by atoms with Crippen molar-refractivity contribution in [1.29, 1.82) is 0 Å². The molecule has 82 valence electrons. The van der Waals surface area contributed by atoms with Crippen LogP contribution in [0.15, 0.2) is 18.3 Å². The van der Waals surface area contributed by atoms with E-state index in [2.05, 4.69) is 23.7 Å². The molecule has 0 radical (unpaired) electrons. The fourth-order valence-corrected chi connectivity index (χ4v) is 1.94. The summed E-state index contributed by atoms with van der Waals surface area (Å²) < 4.78 is 5.48. The second-order valence-corrected chi connectivity index (χ2v) is 4.46. The molecule has 1 aromatic rings. The highest BCUT2D eigenvalue weighted by atomic mass is 16.5. The Balaban J connectivity index is 2.29. The van der Waals surface area contributed by atoms with E-state index in [1.165, 1.54) is 0 Å². The van der Waals surface area contributed by atoms with Gasteiger partial charge in [0.05, 0.1) is 18.8 Å². The molecular weight excluding hydrogens is 190 g/mol. The van der Waals surface area contributed by atoms with Gasteiger partial charge < -0.3 is 15.4 Å². The molecule has 0 amide bonds. The molecule has 0 bridgehead atoms. The average molecular weight is 207 g/mol. The first kappa shape index (κ1) is 10.2. The fourth-order valence-electron chi connectivity index (χ4n) is 1.94. The standard InChI is InChI=1S/C11H17N3O/c1-11(2)8-15-6-5-14(11)9-3-4-13-10(12)7-9/h3-4,7H,5-6,8H2,1-2H3,(H2,12,13).